The number of ether oxygens (including phenoxy) is 4. The van der Waals surface area contributed by atoms with Crippen LogP contribution in [-0.4, -0.2) is 37.5 Å². The number of thiazole rings is 1. The number of carbonyl (C=O) groups excluding carboxylic acids is 1. The highest BCUT2D eigenvalue weighted by Crippen LogP contribution is 2.41. The van der Waals surface area contributed by atoms with Gasteiger partial charge in [0.2, 0.25) is 0 Å². The van der Waals surface area contributed by atoms with Gasteiger partial charge in [0.1, 0.15) is 5.75 Å². The molecule has 0 unspecified atom stereocenters. The number of methoxy groups -OCH3 is 2. The van der Waals surface area contributed by atoms with Crippen LogP contribution in [0.4, 0.5) is 0 Å². The summed E-state index contributed by atoms with van der Waals surface area (Å²) in [6, 6.07) is 6.72. The molecule has 12 heteroatoms. The minimum absolute atomic E-state index is 0.0425. The van der Waals surface area contributed by atoms with E-state index >= 15 is 0 Å². The SMILES string of the molecule is CCOC(=O)C1=C(C)N=c2s/c(=C\c3cc(I)cc(I)c3OC(C)C)c(=O)n2[C@H]1c1cc(OC)c(OC)cc1Br. The van der Waals surface area contributed by atoms with Crippen LogP contribution in [-0.2, 0) is 9.53 Å². The molecule has 1 aromatic heterocycles. The molecule has 0 saturated heterocycles. The molecular weight excluding hydrogens is 826 g/mol. The van der Waals surface area contributed by atoms with Crippen molar-refractivity contribution in [2.45, 2.75) is 39.8 Å². The van der Waals surface area contributed by atoms with Crippen molar-refractivity contribution in [3.8, 4) is 17.2 Å². The highest BCUT2D eigenvalue weighted by Gasteiger charge is 2.35. The second-order valence-corrected chi connectivity index (χ2v) is 13.3. The molecule has 212 valence electrons. The Morgan fingerprint density at radius 1 is 1.18 bits per heavy atom. The van der Waals surface area contributed by atoms with E-state index in [0.29, 0.717) is 42.3 Å². The van der Waals surface area contributed by atoms with Gasteiger partial charge < -0.3 is 18.9 Å². The van der Waals surface area contributed by atoms with Crippen molar-refractivity contribution in [2.75, 3.05) is 20.8 Å². The van der Waals surface area contributed by atoms with Crippen LogP contribution in [0, 0.1) is 7.14 Å². The lowest BCUT2D eigenvalue weighted by atomic mass is 9.95. The van der Waals surface area contributed by atoms with Crippen molar-refractivity contribution in [3.05, 3.63) is 78.0 Å². The maximum absolute atomic E-state index is 14.1. The maximum Gasteiger partial charge on any atom is 0.338 e. The van der Waals surface area contributed by atoms with E-state index < -0.39 is 12.0 Å². The molecule has 0 saturated carbocycles. The van der Waals surface area contributed by atoms with Gasteiger partial charge in [-0.3, -0.25) is 9.36 Å². The van der Waals surface area contributed by atoms with Gasteiger partial charge in [0.05, 0.1) is 52.3 Å². The monoisotopic (exact) mass is 852 g/mol. The van der Waals surface area contributed by atoms with Crippen LogP contribution < -0.4 is 29.1 Å². The van der Waals surface area contributed by atoms with E-state index in [1.54, 1.807) is 37.7 Å². The molecular formula is C28H27BrI2N2O6S. The Balaban J connectivity index is 2.03. The van der Waals surface area contributed by atoms with Crippen molar-refractivity contribution in [1.29, 1.82) is 0 Å². The topological polar surface area (TPSA) is 88.4 Å². The number of nitrogens with zero attached hydrogens (tertiary/aromatic N) is 2. The molecule has 0 aliphatic carbocycles. The highest BCUT2D eigenvalue weighted by atomic mass is 127. The van der Waals surface area contributed by atoms with Crippen molar-refractivity contribution in [2.24, 2.45) is 4.99 Å². The van der Waals surface area contributed by atoms with E-state index in [9.17, 15) is 9.59 Å². The predicted molar refractivity (Wildman–Crippen MR) is 175 cm³/mol. The Morgan fingerprint density at radius 2 is 1.85 bits per heavy atom. The number of hydrogen-bond donors (Lipinski definition) is 0. The van der Waals surface area contributed by atoms with E-state index in [1.807, 2.05) is 32.1 Å². The van der Waals surface area contributed by atoms with Crippen molar-refractivity contribution < 1.29 is 23.7 Å². The largest absolute Gasteiger partial charge is 0.493 e. The molecule has 0 spiro atoms. The first-order valence-electron chi connectivity index (χ1n) is 12.3. The molecule has 2 heterocycles. The number of benzene rings is 2. The fourth-order valence-electron chi connectivity index (χ4n) is 4.35. The Hall–Kier alpha value is -1.91. The summed E-state index contributed by atoms with van der Waals surface area (Å²) < 4.78 is 27.2. The summed E-state index contributed by atoms with van der Waals surface area (Å²) in [5.74, 6) is 1.15. The third-order valence-electron chi connectivity index (χ3n) is 5.99. The molecule has 1 aliphatic heterocycles. The fourth-order valence-corrected chi connectivity index (χ4v) is 7.95. The third kappa shape index (κ3) is 6.14. The first kappa shape index (κ1) is 31.0. The molecule has 0 fully saturated rings. The summed E-state index contributed by atoms with van der Waals surface area (Å²) in [7, 11) is 3.08. The third-order valence-corrected chi connectivity index (χ3v) is 9.09. The molecule has 3 aromatic rings. The molecule has 1 aliphatic rings. The molecule has 8 nitrogen and oxygen atoms in total. The van der Waals surface area contributed by atoms with Gasteiger partial charge in [-0.2, -0.15) is 0 Å². The van der Waals surface area contributed by atoms with Gasteiger partial charge in [0.25, 0.3) is 5.56 Å². The minimum atomic E-state index is -0.811. The molecule has 0 amide bonds. The summed E-state index contributed by atoms with van der Waals surface area (Å²) in [6.45, 7) is 7.60. The summed E-state index contributed by atoms with van der Waals surface area (Å²) in [5.41, 5.74) is 1.90. The Morgan fingerprint density at radius 3 is 2.48 bits per heavy atom. The number of esters is 1. The summed E-state index contributed by atoms with van der Waals surface area (Å²) in [4.78, 5) is 32.5. The number of aromatic nitrogens is 1. The van der Waals surface area contributed by atoms with Gasteiger partial charge in [-0.15, -0.1) is 0 Å². The van der Waals surface area contributed by atoms with Gasteiger partial charge in [-0.1, -0.05) is 27.3 Å². The van der Waals surface area contributed by atoms with Crippen LogP contribution in [0.15, 0.2) is 49.8 Å². The van der Waals surface area contributed by atoms with Crippen LogP contribution in [0.5, 0.6) is 17.2 Å². The van der Waals surface area contributed by atoms with Gasteiger partial charge in [0, 0.05) is 13.6 Å². The van der Waals surface area contributed by atoms with Crippen molar-refractivity contribution in [1.82, 2.24) is 4.57 Å². The Bertz CT molecular complexity index is 1700. The zero-order chi connectivity index (χ0) is 29.3. The number of allylic oxidation sites excluding steroid dienone is 1. The first-order valence-corrected chi connectivity index (χ1v) is 16.0. The molecule has 40 heavy (non-hydrogen) atoms. The molecule has 4 rings (SSSR count). The number of hydrogen-bond acceptors (Lipinski definition) is 8. The lowest BCUT2D eigenvalue weighted by Gasteiger charge is -2.26. The number of rotatable bonds is 8. The lowest BCUT2D eigenvalue weighted by Crippen LogP contribution is -2.40. The second kappa shape index (κ2) is 12.9. The molecule has 1 atom stereocenters. The van der Waals surface area contributed by atoms with Crippen LogP contribution in [0.1, 0.15) is 44.9 Å². The summed E-state index contributed by atoms with van der Waals surface area (Å²) >= 11 is 9.39. The van der Waals surface area contributed by atoms with E-state index in [4.69, 9.17) is 18.9 Å². The molecule has 0 N–H and O–H groups in total. The van der Waals surface area contributed by atoms with Crippen LogP contribution in [0.3, 0.4) is 0 Å². The number of fused-ring (bicyclic) bond motifs is 1. The molecule has 0 radical (unpaired) electrons. The number of halogens is 3. The zero-order valence-corrected chi connectivity index (χ0v) is 29.4. The first-order chi connectivity index (χ1) is 19.0. The standard InChI is InChI=1S/C28H27BrI2N2O6S/c1-7-38-27(35)23-14(4)32-28-33(24(23)17-11-20(36-5)21(37-6)12-18(17)29)26(34)22(40-28)9-15-8-16(30)10-19(31)25(15)39-13(2)3/h8-13,24H,7H2,1-6H3/b22-9-/t24-/m0/s1. The minimum Gasteiger partial charge on any atom is -0.493 e. The van der Waals surface area contributed by atoms with Crippen LogP contribution in [0.2, 0.25) is 0 Å². The smallest absolute Gasteiger partial charge is 0.338 e. The van der Waals surface area contributed by atoms with Gasteiger partial charge in [-0.25, -0.2) is 9.79 Å². The van der Waals surface area contributed by atoms with E-state index in [-0.39, 0.29) is 23.8 Å². The predicted octanol–water partition coefficient (Wildman–Crippen LogP) is 5.57. The van der Waals surface area contributed by atoms with Gasteiger partial charge in [0.15, 0.2) is 16.3 Å². The molecule has 0 bridgehead atoms. The second-order valence-electron chi connectivity index (χ2n) is 9.00. The van der Waals surface area contributed by atoms with E-state index in [0.717, 1.165) is 12.7 Å². The van der Waals surface area contributed by atoms with Crippen molar-refractivity contribution in [3.63, 3.8) is 0 Å². The normalized spacial score (nSPS) is 15.2. The Kier molecular flexibility index (Phi) is 10.0. The average molecular weight is 853 g/mol. The van der Waals surface area contributed by atoms with E-state index in [2.05, 4.69) is 66.1 Å². The van der Waals surface area contributed by atoms with Gasteiger partial charge in [-0.05, 0) is 109 Å². The van der Waals surface area contributed by atoms with Crippen LogP contribution in [0.25, 0.3) is 6.08 Å². The highest BCUT2D eigenvalue weighted by molar-refractivity contribution is 14.1. The summed E-state index contributed by atoms with van der Waals surface area (Å²) in [5, 5.41) is 0. The summed E-state index contributed by atoms with van der Waals surface area (Å²) in [6.07, 6.45) is 1.79. The quantitative estimate of drug-likeness (QED) is 0.218. The maximum atomic E-state index is 14.1. The van der Waals surface area contributed by atoms with Crippen LogP contribution >= 0.6 is 72.4 Å². The molecule has 2 aromatic carbocycles. The average Bonchev–Trinajstić information content (AvgIpc) is 3.19. The fraction of sp³-hybridized carbons (Fsp3) is 0.321. The Labute approximate surface area is 271 Å². The lowest BCUT2D eigenvalue weighted by molar-refractivity contribution is -0.139. The van der Waals surface area contributed by atoms with Gasteiger partial charge >= 0.3 is 5.97 Å². The van der Waals surface area contributed by atoms with E-state index in [1.165, 1.54) is 18.4 Å². The zero-order valence-electron chi connectivity index (χ0n) is 22.6. The number of carbonyl (C=O) groups is 1. The van der Waals surface area contributed by atoms with Crippen molar-refractivity contribution >= 4 is 84.5 Å².